The van der Waals surface area contributed by atoms with Gasteiger partial charge in [0.25, 0.3) is 0 Å². The van der Waals surface area contributed by atoms with Gasteiger partial charge in [-0.15, -0.1) is 0 Å². The van der Waals surface area contributed by atoms with Gasteiger partial charge in [-0.25, -0.2) is 4.98 Å². The Morgan fingerprint density at radius 3 is 3.00 bits per heavy atom. The van der Waals surface area contributed by atoms with Gasteiger partial charge in [-0.2, -0.15) is 0 Å². The van der Waals surface area contributed by atoms with Crippen molar-refractivity contribution in [2.75, 3.05) is 0 Å². The molecule has 0 radical (unpaired) electrons. The lowest BCUT2D eigenvalue weighted by Gasteiger charge is -2.14. The third-order valence-corrected chi connectivity index (χ3v) is 3.99. The number of imidazole rings is 1. The number of nitrogens with one attached hydrogen (secondary N) is 1. The molecule has 0 saturated heterocycles. The number of hydrogen-bond acceptors (Lipinski definition) is 2. The lowest BCUT2D eigenvalue weighted by molar-refractivity contribution is 0.683. The molecule has 1 fully saturated rings. The fourth-order valence-corrected chi connectivity index (χ4v) is 2.70. The second-order valence-corrected chi connectivity index (χ2v) is 5.91. The normalized spacial score (nSPS) is 14.8. The van der Waals surface area contributed by atoms with Crippen molar-refractivity contribution in [1.29, 1.82) is 0 Å². The summed E-state index contributed by atoms with van der Waals surface area (Å²) in [4.78, 5) is 4.41. The highest BCUT2D eigenvalue weighted by atomic mass is 79.9. The lowest BCUT2D eigenvalue weighted by atomic mass is 10.1. The first-order chi connectivity index (χ1) is 9.28. The molecule has 1 aromatic heterocycles. The first kappa shape index (κ1) is 12.9. The zero-order valence-electron chi connectivity index (χ0n) is 11.1. The summed E-state index contributed by atoms with van der Waals surface area (Å²) < 4.78 is 3.32. The van der Waals surface area contributed by atoms with Gasteiger partial charge in [-0.05, 0) is 36.6 Å². The highest BCUT2D eigenvalue weighted by Crippen LogP contribution is 2.24. The van der Waals surface area contributed by atoms with Gasteiger partial charge in [-0.1, -0.05) is 22.9 Å². The minimum Gasteiger partial charge on any atom is -0.310 e. The first-order valence-corrected chi connectivity index (χ1v) is 7.61. The maximum atomic E-state index is 4.41. The Morgan fingerprint density at radius 1 is 1.42 bits per heavy atom. The molecule has 0 aliphatic heterocycles. The monoisotopic (exact) mass is 319 g/mol. The molecule has 0 unspecified atom stereocenters. The van der Waals surface area contributed by atoms with Crippen LogP contribution in [0.25, 0.3) is 5.69 Å². The Labute approximate surface area is 122 Å². The summed E-state index contributed by atoms with van der Waals surface area (Å²) in [6.45, 7) is 3.06. The van der Waals surface area contributed by atoms with Crippen LogP contribution >= 0.6 is 15.9 Å². The molecule has 0 spiro atoms. The summed E-state index contributed by atoms with van der Waals surface area (Å²) in [5.74, 6) is 1.11. The summed E-state index contributed by atoms with van der Waals surface area (Å²) in [6, 6.07) is 7.18. The van der Waals surface area contributed by atoms with E-state index in [1.54, 1.807) is 0 Å². The number of rotatable bonds is 5. The smallest absolute Gasteiger partial charge is 0.112 e. The van der Waals surface area contributed by atoms with E-state index in [1.165, 1.54) is 24.1 Å². The molecule has 100 valence electrons. The van der Waals surface area contributed by atoms with E-state index in [-0.39, 0.29) is 0 Å². The molecule has 1 heterocycles. The molecular formula is C15H18BrN3. The van der Waals surface area contributed by atoms with Gasteiger partial charge in [0.15, 0.2) is 0 Å². The van der Waals surface area contributed by atoms with E-state index in [1.807, 2.05) is 12.4 Å². The largest absolute Gasteiger partial charge is 0.310 e. The molecule has 1 aromatic carbocycles. The Hall–Kier alpha value is -1.13. The third kappa shape index (κ3) is 2.90. The molecule has 0 bridgehead atoms. The molecule has 0 amide bonds. The molecular weight excluding hydrogens is 302 g/mol. The van der Waals surface area contributed by atoms with Gasteiger partial charge < -0.3 is 9.88 Å². The van der Waals surface area contributed by atoms with Crippen molar-refractivity contribution in [1.82, 2.24) is 14.9 Å². The van der Waals surface area contributed by atoms with Crippen molar-refractivity contribution in [2.24, 2.45) is 0 Å². The summed E-state index contributed by atoms with van der Waals surface area (Å²) in [5, 5.41) is 3.59. The number of nitrogens with zero attached hydrogens (tertiary/aromatic N) is 2. The second-order valence-electron chi connectivity index (χ2n) is 5.00. The highest BCUT2D eigenvalue weighted by Gasteiger charge is 2.20. The van der Waals surface area contributed by atoms with Crippen LogP contribution in [0, 0.1) is 0 Å². The van der Waals surface area contributed by atoms with E-state index in [4.69, 9.17) is 0 Å². The zero-order valence-corrected chi connectivity index (χ0v) is 12.7. The number of aromatic nitrogens is 2. The summed E-state index contributed by atoms with van der Waals surface area (Å²) >= 11 is 3.57. The van der Waals surface area contributed by atoms with E-state index in [2.05, 4.69) is 55.9 Å². The van der Waals surface area contributed by atoms with Crippen molar-refractivity contribution in [3.8, 4) is 5.69 Å². The summed E-state index contributed by atoms with van der Waals surface area (Å²) in [7, 11) is 0. The predicted octanol–water partition coefficient (Wildman–Crippen LogP) is 3.45. The van der Waals surface area contributed by atoms with Crippen LogP contribution in [0.5, 0.6) is 0 Å². The van der Waals surface area contributed by atoms with Crippen molar-refractivity contribution < 1.29 is 0 Å². The van der Waals surface area contributed by atoms with Crippen molar-refractivity contribution >= 4 is 15.9 Å². The Morgan fingerprint density at radius 2 is 2.26 bits per heavy atom. The fourth-order valence-electron chi connectivity index (χ4n) is 2.29. The minimum absolute atomic E-state index is 0.722. The maximum Gasteiger partial charge on any atom is 0.112 e. The molecule has 1 N–H and O–H groups in total. The SMILES string of the molecule is CCc1nccn1-c1ccc(Br)cc1CNC1CC1. The van der Waals surface area contributed by atoms with Crippen molar-refractivity contribution in [3.05, 3.63) is 46.5 Å². The standard InChI is InChI=1S/C15H18BrN3/c1-2-15-17-7-8-19(15)14-6-3-12(16)9-11(14)10-18-13-4-5-13/h3,6-9,13,18H,2,4-5,10H2,1H3. The van der Waals surface area contributed by atoms with Gasteiger partial charge >= 0.3 is 0 Å². The molecule has 3 nitrogen and oxygen atoms in total. The van der Waals surface area contributed by atoms with E-state index in [0.29, 0.717) is 0 Å². The third-order valence-electron chi connectivity index (χ3n) is 3.49. The second kappa shape index (κ2) is 5.47. The fraction of sp³-hybridized carbons (Fsp3) is 0.400. The molecule has 1 aliphatic carbocycles. The van der Waals surface area contributed by atoms with Gasteiger partial charge in [0.1, 0.15) is 5.82 Å². The van der Waals surface area contributed by atoms with Gasteiger partial charge in [-0.3, -0.25) is 0 Å². The van der Waals surface area contributed by atoms with Crippen LogP contribution in [-0.2, 0) is 13.0 Å². The average molecular weight is 320 g/mol. The minimum atomic E-state index is 0.722. The van der Waals surface area contributed by atoms with E-state index >= 15 is 0 Å². The van der Waals surface area contributed by atoms with Crippen LogP contribution in [-0.4, -0.2) is 15.6 Å². The van der Waals surface area contributed by atoms with E-state index in [0.717, 1.165) is 29.3 Å². The zero-order chi connectivity index (χ0) is 13.2. The predicted molar refractivity (Wildman–Crippen MR) is 80.5 cm³/mol. The van der Waals surface area contributed by atoms with Crippen LogP contribution in [0.4, 0.5) is 0 Å². The number of aryl methyl sites for hydroxylation is 1. The van der Waals surface area contributed by atoms with Crippen LogP contribution in [0.1, 0.15) is 31.2 Å². The molecule has 4 heteroatoms. The van der Waals surface area contributed by atoms with Crippen LogP contribution < -0.4 is 5.32 Å². The first-order valence-electron chi connectivity index (χ1n) is 6.82. The number of halogens is 1. The Kier molecular flexibility index (Phi) is 3.71. The van der Waals surface area contributed by atoms with E-state index < -0.39 is 0 Å². The Balaban J connectivity index is 1.94. The maximum absolute atomic E-state index is 4.41. The molecule has 0 atom stereocenters. The number of benzene rings is 1. The van der Waals surface area contributed by atoms with Gasteiger partial charge in [0.2, 0.25) is 0 Å². The van der Waals surface area contributed by atoms with Gasteiger partial charge in [0.05, 0.1) is 5.69 Å². The van der Waals surface area contributed by atoms with Crippen LogP contribution in [0.3, 0.4) is 0 Å². The van der Waals surface area contributed by atoms with Crippen molar-refractivity contribution in [2.45, 2.75) is 38.8 Å². The quantitative estimate of drug-likeness (QED) is 0.914. The highest BCUT2D eigenvalue weighted by molar-refractivity contribution is 9.10. The molecule has 19 heavy (non-hydrogen) atoms. The summed E-state index contributed by atoms with van der Waals surface area (Å²) in [5.41, 5.74) is 2.54. The van der Waals surface area contributed by atoms with E-state index in [9.17, 15) is 0 Å². The number of hydrogen-bond donors (Lipinski definition) is 1. The lowest BCUT2D eigenvalue weighted by Crippen LogP contribution is -2.17. The average Bonchev–Trinajstić information content (AvgIpc) is 3.13. The molecule has 2 aromatic rings. The van der Waals surface area contributed by atoms with Crippen molar-refractivity contribution in [3.63, 3.8) is 0 Å². The molecule has 1 saturated carbocycles. The molecule has 3 rings (SSSR count). The van der Waals surface area contributed by atoms with Gasteiger partial charge in [0, 0.05) is 35.9 Å². The summed E-state index contributed by atoms with van der Waals surface area (Å²) in [6.07, 6.45) is 7.49. The topological polar surface area (TPSA) is 29.9 Å². The Bertz CT molecular complexity index is 573. The van der Waals surface area contributed by atoms with Crippen LogP contribution in [0.15, 0.2) is 35.1 Å². The molecule has 1 aliphatic rings. The van der Waals surface area contributed by atoms with Crippen LogP contribution in [0.2, 0.25) is 0 Å².